The third-order valence-corrected chi connectivity index (χ3v) is 0.974. The Labute approximate surface area is 80.3 Å². The van der Waals surface area contributed by atoms with Crippen LogP contribution in [0.15, 0.2) is 12.3 Å². The first-order valence-corrected chi connectivity index (χ1v) is 3.28. The predicted molar refractivity (Wildman–Crippen MR) is 39.2 cm³/mol. The Balaban J connectivity index is 0.000000265. The van der Waals surface area contributed by atoms with E-state index in [4.69, 9.17) is 15.0 Å². The molecule has 0 spiro atoms. The number of carboxylic acids is 2. The van der Waals surface area contributed by atoms with Crippen LogP contribution < -0.4 is 0 Å². The number of halogens is 3. The van der Waals surface area contributed by atoms with Crippen LogP contribution in [0.5, 0.6) is 0 Å². The van der Waals surface area contributed by atoms with Gasteiger partial charge in [-0.15, -0.1) is 0 Å². The van der Waals surface area contributed by atoms with Crippen molar-refractivity contribution in [3.05, 3.63) is 18.0 Å². The number of H-pyrrole nitrogens is 1. The van der Waals surface area contributed by atoms with Crippen molar-refractivity contribution in [2.45, 2.75) is 6.18 Å². The molecule has 0 fully saturated rings. The van der Waals surface area contributed by atoms with Gasteiger partial charge in [0.15, 0.2) is 0 Å². The van der Waals surface area contributed by atoms with Gasteiger partial charge in [0.1, 0.15) is 5.69 Å². The van der Waals surface area contributed by atoms with Gasteiger partial charge in [-0.05, 0) is 6.07 Å². The summed E-state index contributed by atoms with van der Waals surface area (Å²) in [7, 11) is 0. The molecule has 1 aromatic heterocycles. The fourth-order valence-corrected chi connectivity index (χ4v) is 0.375. The van der Waals surface area contributed by atoms with Crippen molar-refractivity contribution in [1.82, 2.24) is 10.2 Å². The number of carbonyl (C=O) groups is 2. The van der Waals surface area contributed by atoms with E-state index in [9.17, 15) is 18.0 Å². The molecule has 0 unspecified atom stereocenters. The number of carboxylic acid groups (broad SMARTS) is 2. The van der Waals surface area contributed by atoms with Crippen LogP contribution in [0.4, 0.5) is 13.2 Å². The summed E-state index contributed by atoms with van der Waals surface area (Å²) in [4.78, 5) is 18.9. The Kier molecular flexibility index (Phi) is 4.30. The monoisotopic (exact) mass is 226 g/mol. The molecule has 1 rings (SSSR count). The number of hydrogen-bond acceptors (Lipinski definition) is 3. The summed E-state index contributed by atoms with van der Waals surface area (Å²) in [6, 6.07) is 1.39. The van der Waals surface area contributed by atoms with Crippen LogP contribution in [0.25, 0.3) is 0 Å². The molecule has 6 nitrogen and oxygen atoms in total. The number of nitrogens with one attached hydrogen (secondary N) is 1. The molecule has 1 heterocycles. The molecule has 9 heteroatoms. The van der Waals surface area contributed by atoms with E-state index >= 15 is 0 Å². The third-order valence-electron chi connectivity index (χ3n) is 0.974. The molecule has 0 bridgehead atoms. The van der Waals surface area contributed by atoms with Gasteiger partial charge in [-0.2, -0.15) is 18.3 Å². The molecule has 3 N–H and O–H groups in total. The second-order valence-electron chi connectivity index (χ2n) is 2.08. The number of hydrogen-bond donors (Lipinski definition) is 3. The molecule has 84 valence electrons. The maximum absolute atomic E-state index is 10.6. The Morgan fingerprint density at radius 2 is 1.80 bits per heavy atom. The molecule has 0 amide bonds. The number of nitrogens with zero attached hydrogens (tertiary/aromatic N) is 1. The number of aliphatic carboxylic acids is 1. The fourth-order valence-electron chi connectivity index (χ4n) is 0.375. The summed E-state index contributed by atoms with van der Waals surface area (Å²) >= 11 is 0. The third kappa shape index (κ3) is 5.29. The highest BCUT2D eigenvalue weighted by Crippen LogP contribution is 2.13. The van der Waals surface area contributed by atoms with Gasteiger partial charge in [0.05, 0.1) is 0 Å². The molecule has 15 heavy (non-hydrogen) atoms. The lowest BCUT2D eigenvalue weighted by Gasteiger charge is -1.93. The van der Waals surface area contributed by atoms with Crippen molar-refractivity contribution >= 4 is 11.9 Å². The van der Waals surface area contributed by atoms with E-state index in [1.54, 1.807) is 0 Å². The minimum absolute atomic E-state index is 0.116. The largest absolute Gasteiger partial charge is 0.490 e. The highest BCUT2D eigenvalue weighted by molar-refractivity contribution is 5.84. The minimum Gasteiger partial charge on any atom is -0.477 e. The van der Waals surface area contributed by atoms with Crippen molar-refractivity contribution < 1.29 is 33.0 Å². The maximum atomic E-state index is 10.6. The van der Waals surface area contributed by atoms with Crippen LogP contribution in [0, 0.1) is 0 Å². The summed E-state index contributed by atoms with van der Waals surface area (Å²) in [5.41, 5.74) is 0.116. The average molecular weight is 226 g/mol. The van der Waals surface area contributed by atoms with Crippen LogP contribution in [0.3, 0.4) is 0 Å². The van der Waals surface area contributed by atoms with Crippen molar-refractivity contribution in [1.29, 1.82) is 0 Å². The van der Waals surface area contributed by atoms with Gasteiger partial charge in [-0.1, -0.05) is 0 Å². The van der Waals surface area contributed by atoms with Gasteiger partial charge in [-0.25, -0.2) is 9.59 Å². The standard InChI is InChI=1S/C4H4N2O2.C2HF3O2/c7-4(8)3-1-2-5-6-3;3-2(4,5)1(6)7/h1-2H,(H,5,6)(H,7,8);(H,6,7). The molecular formula is C6H5F3N2O4. The Bertz CT molecular complexity index is 333. The highest BCUT2D eigenvalue weighted by atomic mass is 19.4. The van der Waals surface area contributed by atoms with Gasteiger partial charge in [0, 0.05) is 6.20 Å². The lowest BCUT2D eigenvalue weighted by atomic mass is 10.5. The number of aromatic amines is 1. The summed E-state index contributed by atoms with van der Waals surface area (Å²) in [5.74, 6) is -3.74. The van der Waals surface area contributed by atoms with E-state index in [-0.39, 0.29) is 5.69 Å². The maximum Gasteiger partial charge on any atom is 0.490 e. The zero-order valence-electron chi connectivity index (χ0n) is 6.95. The number of aromatic carboxylic acids is 1. The van der Waals surface area contributed by atoms with Gasteiger partial charge in [0.2, 0.25) is 0 Å². The van der Waals surface area contributed by atoms with Crippen molar-refractivity contribution in [2.24, 2.45) is 0 Å². The van der Waals surface area contributed by atoms with Crippen LogP contribution >= 0.6 is 0 Å². The molecule has 0 aliphatic rings. The minimum atomic E-state index is -5.08. The zero-order valence-corrected chi connectivity index (χ0v) is 6.95. The van der Waals surface area contributed by atoms with Crippen LogP contribution in [-0.2, 0) is 4.79 Å². The SMILES string of the molecule is O=C(O)C(F)(F)F.O=C(O)c1ccn[nH]1. The van der Waals surface area contributed by atoms with Gasteiger partial charge in [0.25, 0.3) is 0 Å². The van der Waals surface area contributed by atoms with E-state index in [2.05, 4.69) is 10.2 Å². The molecule has 1 aromatic rings. The number of alkyl halides is 3. The fraction of sp³-hybridized carbons (Fsp3) is 0.167. The molecule has 0 saturated carbocycles. The number of rotatable bonds is 1. The van der Waals surface area contributed by atoms with Crippen molar-refractivity contribution in [2.75, 3.05) is 0 Å². The summed E-state index contributed by atoms with van der Waals surface area (Å²) in [6.07, 6.45) is -3.69. The van der Waals surface area contributed by atoms with Gasteiger partial charge >= 0.3 is 18.1 Å². The molecule has 0 aliphatic heterocycles. The van der Waals surface area contributed by atoms with E-state index in [0.717, 1.165) is 0 Å². The average Bonchev–Trinajstić information content (AvgIpc) is 2.54. The predicted octanol–water partition coefficient (Wildman–Crippen LogP) is 0.741. The van der Waals surface area contributed by atoms with E-state index < -0.39 is 18.1 Å². The summed E-state index contributed by atoms with van der Waals surface area (Å²) in [5, 5.41) is 21.1. The van der Waals surface area contributed by atoms with Crippen LogP contribution in [0.2, 0.25) is 0 Å². The topological polar surface area (TPSA) is 103 Å². The number of aromatic nitrogens is 2. The van der Waals surface area contributed by atoms with Crippen molar-refractivity contribution in [3.8, 4) is 0 Å². The highest BCUT2D eigenvalue weighted by Gasteiger charge is 2.38. The molecule has 0 aromatic carbocycles. The molecular weight excluding hydrogens is 221 g/mol. The Morgan fingerprint density at radius 3 is 1.93 bits per heavy atom. The Morgan fingerprint density at radius 1 is 1.33 bits per heavy atom. The van der Waals surface area contributed by atoms with E-state index in [1.165, 1.54) is 12.3 Å². The quantitative estimate of drug-likeness (QED) is 0.655. The lowest BCUT2D eigenvalue weighted by Crippen LogP contribution is -2.21. The smallest absolute Gasteiger partial charge is 0.477 e. The molecule has 0 atom stereocenters. The van der Waals surface area contributed by atoms with Crippen molar-refractivity contribution in [3.63, 3.8) is 0 Å². The lowest BCUT2D eigenvalue weighted by molar-refractivity contribution is -0.192. The van der Waals surface area contributed by atoms with Crippen LogP contribution in [0.1, 0.15) is 10.5 Å². The van der Waals surface area contributed by atoms with Crippen LogP contribution in [-0.4, -0.2) is 38.5 Å². The first-order chi connectivity index (χ1) is 6.75. The van der Waals surface area contributed by atoms with Gasteiger partial charge < -0.3 is 10.2 Å². The normalized spacial score (nSPS) is 10.1. The molecule has 0 saturated heterocycles. The first kappa shape index (κ1) is 12.9. The summed E-state index contributed by atoms with van der Waals surface area (Å²) < 4.78 is 31.7. The molecule has 0 aliphatic carbocycles. The summed E-state index contributed by atoms with van der Waals surface area (Å²) in [6.45, 7) is 0. The molecule has 0 radical (unpaired) electrons. The van der Waals surface area contributed by atoms with Gasteiger partial charge in [-0.3, -0.25) is 5.10 Å². The second kappa shape index (κ2) is 4.98. The van der Waals surface area contributed by atoms with E-state index in [0.29, 0.717) is 0 Å². The van der Waals surface area contributed by atoms with E-state index in [1.807, 2.05) is 0 Å². The zero-order chi connectivity index (χ0) is 12.1. The first-order valence-electron chi connectivity index (χ1n) is 3.28. The second-order valence-corrected chi connectivity index (χ2v) is 2.08. The Hall–Kier alpha value is -2.06.